The van der Waals surface area contributed by atoms with Crippen LogP contribution in [0.1, 0.15) is 45.5 Å². The van der Waals surface area contributed by atoms with Crippen molar-refractivity contribution in [2.75, 3.05) is 23.9 Å². The molecule has 2 unspecified atom stereocenters. The highest BCUT2D eigenvalue weighted by Crippen LogP contribution is 2.39. The van der Waals surface area contributed by atoms with Crippen LogP contribution in [0.3, 0.4) is 0 Å². The smallest absolute Gasteiger partial charge is 0.148 e. The Bertz CT molecular complexity index is 492. The fraction of sp³-hybridized carbons (Fsp3) is 0.733. The average molecular weight is 277 g/mol. The molecule has 1 saturated carbocycles. The number of hydrogen-bond acceptors (Lipinski definition) is 5. The lowest BCUT2D eigenvalue weighted by molar-refractivity contribution is 0.544. The molecule has 2 rings (SSSR count). The van der Waals surface area contributed by atoms with Crippen LogP contribution >= 0.6 is 0 Å². The van der Waals surface area contributed by atoms with Crippen molar-refractivity contribution in [3.05, 3.63) is 11.4 Å². The number of anilines is 2. The largest absolute Gasteiger partial charge is 0.359 e. The molecule has 1 fully saturated rings. The number of nitrogens with two attached hydrogens (primary N) is 1. The van der Waals surface area contributed by atoms with Gasteiger partial charge in [0, 0.05) is 24.6 Å². The molecular formula is C15H27N5. The van der Waals surface area contributed by atoms with Gasteiger partial charge in [-0.1, -0.05) is 27.7 Å². The maximum Gasteiger partial charge on any atom is 0.148 e. The predicted octanol–water partition coefficient (Wildman–Crippen LogP) is 2.46. The molecule has 3 N–H and O–H groups in total. The van der Waals surface area contributed by atoms with Crippen LogP contribution in [-0.2, 0) is 5.41 Å². The van der Waals surface area contributed by atoms with E-state index in [-0.39, 0.29) is 5.41 Å². The van der Waals surface area contributed by atoms with Gasteiger partial charge in [0.05, 0.1) is 0 Å². The molecule has 1 aromatic heterocycles. The molecule has 0 aliphatic heterocycles. The first-order valence-electron chi connectivity index (χ1n) is 7.31. The van der Waals surface area contributed by atoms with Crippen LogP contribution in [0.2, 0.25) is 0 Å². The molecule has 0 bridgehead atoms. The molecule has 1 aliphatic rings. The van der Waals surface area contributed by atoms with Crippen molar-refractivity contribution in [3.63, 3.8) is 0 Å². The summed E-state index contributed by atoms with van der Waals surface area (Å²) < 4.78 is 0. The van der Waals surface area contributed by atoms with E-state index >= 15 is 0 Å². The van der Waals surface area contributed by atoms with Gasteiger partial charge < -0.3 is 10.3 Å². The molecule has 0 aromatic carbocycles. The maximum absolute atomic E-state index is 5.61. The number of aromatic nitrogens is 2. The third-order valence-corrected chi connectivity index (χ3v) is 4.07. The maximum atomic E-state index is 5.61. The second-order valence-corrected chi connectivity index (χ2v) is 7.09. The molecule has 5 heteroatoms. The van der Waals surface area contributed by atoms with Crippen LogP contribution in [0.15, 0.2) is 0 Å². The van der Waals surface area contributed by atoms with Crippen molar-refractivity contribution in [3.8, 4) is 0 Å². The second kappa shape index (κ2) is 5.20. The summed E-state index contributed by atoms with van der Waals surface area (Å²) in [5, 5.41) is 0. The van der Waals surface area contributed by atoms with Gasteiger partial charge in [-0.25, -0.2) is 15.8 Å². The Labute approximate surface area is 121 Å². The van der Waals surface area contributed by atoms with Crippen molar-refractivity contribution >= 4 is 11.6 Å². The van der Waals surface area contributed by atoms with E-state index in [0.29, 0.717) is 0 Å². The summed E-state index contributed by atoms with van der Waals surface area (Å²) in [6, 6.07) is 0. The minimum absolute atomic E-state index is 0.0955. The Morgan fingerprint density at radius 1 is 1.35 bits per heavy atom. The third-order valence-electron chi connectivity index (χ3n) is 4.07. The van der Waals surface area contributed by atoms with Crippen LogP contribution in [-0.4, -0.2) is 23.6 Å². The molecule has 2 atom stereocenters. The number of hydrogen-bond donors (Lipinski definition) is 2. The number of hydrazine groups is 1. The van der Waals surface area contributed by atoms with E-state index in [1.807, 2.05) is 6.92 Å². The molecule has 0 radical (unpaired) electrons. The monoisotopic (exact) mass is 277 g/mol. The van der Waals surface area contributed by atoms with Gasteiger partial charge in [0.1, 0.15) is 17.5 Å². The highest BCUT2D eigenvalue weighted by Gasteiger charge is 2.34. The summed E-state index contributed by atoms with van der Waals surface area (Å²) in [5.74, 6) is 9.77. The van der Waals surface area contributed by atoms with Gasteiger partial charge in [0.25, 0.3) is 0 Å². The third kappa shape index (κ3) is 3.03. The quantitative estimate of drug-likeness (QED) is 0.653. The number of nitrogens with one attached hydrogen (secondary N) is 1. The fourth-order valence-corrected chi connectivity index (χ4v) is 2.44. The molecule has 1 aliphatic carbocycles. The SMILES string of the molecule is Cc1c(NN)nc(C(C)(C)C)nc1N(C)CC1CC1C. The van der Waals surface area contributed by atoms with Crippen LogP contribution in [0.4, 0.5) is 11.6 Å². The Kier molecular flexibility index (Phi) is 3.91. The molecule has 1 aromatic rings. The average Bonchev–Trinajstić information content (AvgIpc) is 3.03. The van der Waals surface area contributed by atoms with Crippen molar-refractivity contribution in [1.29, 1.82) is 0 Å². The highest BCUT2D eigenvalue weighted by atomic mass is 15.3. The lowest BCUT2D eigenvalue weighted by atomic mass is 9.95. The Morgan fingerprint density at radius 2 is 1.95 bits per heavy atom. The van der Waals surface area contributed by atoms with E-state index in [9.17, 15) is 0 Å². The van der Waals surface area contributed by atoms with Gasteiger partial charge in [-0.15, -0.1) is 0 Å². The summed E-state index contributed by atoms with van der Waals surface area (Å²) in [6.45, 7) is 11.7. The first-order valence-corrected chi connectivity index (χ1v) is 7.31. The van der Waals surface area contributed by atoms with Crippen LogP contribution in [0.5, 0.6) is 0 Å². The molecule has 0 saturated heterocycles. The van der Waals surface area contributed by atoms with Crippen molar-refractivity contribution in [2.24, 2.45) is 17.7 Å². The standard InChI is InChI=1S/C15H27N5/c1-9-7-11(9)8-20(6)13-10(2)12(19-16)17-14(18-13)15(3,4)5/h9,11H,7-8,16H2,1-6H3,(H,17,18,19). The van der Waals surface area contributed by atoms with Crippen LogP contribution in [0.25, 0.3) is 0 Å². The van der Waals surface area contributed by atoms with E-state index in [1.165, 1.54) is 6.42 Å². The minimum atomic E-state index is -0.0955. The summed E-state index contributed by atoms with van der Waals surface area (Å²) >= 11 is 0. The normalized spacial score (nSPS) is 21.8. The predicted molar refractivity (Wildman–Crippen MR) is 83.8 cm³/mol. The van der Waals surface area contributed by atoms with Crippen LogP contribution in [0, 0.1) is 18.8 Å². The van der Waals surface area contributed by atoms with Gasteiger partial charge in [-0.3, -0.25) is 0 Å². The zero-order valence-corrected chi connectivity index (χ0v) is 13.5. The van der Waals surface area contributed by atoms with Crippen molar-refractivity contribution in [1.82, 2.24) is 9.97 Å². The Morgan fingerprint density at radius 3 is 2.40 bits per heavy atom. The molecule has 1 heterocycles. The van der Waals surface area contributed by atoms with Crippen molar-refractivity contribution < 1.29 is 0 Å². The van der Waals surface area contributed by atoms with Gasteiger partial charge >= 0.3 is 0 Å². The van der Waals surface area contributed by atoms with Gasteiger partial charge in [0.2, 0.25) is 0 Å². The second-order valence-electron chi connectivity index (χ2n) is 7.09. The van der Waals surface area contributed by atoms with Crippen LogP contribution < -0.4 is 16.2 Å². The van der Waals surface area contributed by atoms with E-state index < -0.39 is 0 Å². The number of nitrogens with zero attached hydrogens (tertiary/aromatic N) is 3. The lowest BCUT2D eigenvalue weighted by Crippen LogP contribution is -2.27. The zero-order valence-electron chi connectivity index (χ0n) is 13.5. The Balaban J connectivity index is 2.34. The lowest BCUT2D eigenvalue weighted by Gasteiger charge is -2.25. The summed E-state index contributed by atoms with van der Waals surface area (Å²) in [5.41, 5.74) is 3.62. The zero-order chi connectivity index (χ0) is 15.1. The number of nitrogen functional groups attached to an aromatic ring is 1. The molecule has 112 valence electrons. The molecule has 5 nitrogen and oxygen atoms in total. The van der Waals surface area contributed by atoms with Gasteiger partial charge in [0.15, 0.2) is 0 Å². The van der Waals surface area contributed by atoms with E-state index in [1.54, 1.807) is 0 Å². The molecular weight excluding hydrogens is 250 g/mol. The molecule has 20 heavy (non-hydrogen) atoms. The Hall–Kier alpha value is -1.36. The molecule has 0 spiro atoms. The number of rotatable bonds is 4. The summed E-state index contributed by atoms with van der Waals surface area (Å²) in [7, 11) is 2.10. The first kappa shape index (κ1) is 15.0. The summed E-state index contributed by atoms with van der Waals surface area (Å²) in [6.07, 6.45) is 1.32. The topological polar surface area (TPSA) is 67.1 Å². The van der Waals surface area contributed by atoms with Gasteiger partial charge in [-0.05, 0) is 25.2 Å². The molecule has 0 amide bonds. The van der Waals surface area contributed by atoms with E-state index in [0.717, 1.165) is 41.4 Å². The summed E-state index contributed by atoms with van der Waals surface area (Å²) in [4.78, 5) is 11.6. The first-order chi connectivity index (χ1) is 9.24. The van der Waals surface area contributed by atoms with Gasteiger partial charge in [-0.2, -0.15) is 0 Å². The fourth-order valence-electron chi connectivity index (χ4n) is 2.44. The van der Waals surface area contributed by atoms with E-state index in [4.69, 9.17) is 10.8 Å². The van der Waals surface area contributed by atoms with E-state index in [2.05, 4.69) is 50.1 Å². The van der Waals surface area contributed by atoms with Crippen molar-refractivity contribution in [2.45, 2.75) is 46.5 Å². The minimum Gasteiger partial charge on any atom is -0.359 e. The highest BCUT2D eigenvalue weighted by molar-refractivity contribution is 5.58.